The Kier molecular flexibility index (Phi) is 8.71. The fourth-order valence-electron chi connectivity index (χ4n) is 3.03. The predicted molar refractivity (Wildman–Crippen MR) is 116 cm³/mol. The second kappa shape index (κ2) is 11.2. The minimum Gasteiger partial charge on any atom is -0.494 e. The minimum atomic E-state index is -0.542. The van der Waals surface area contributed by atoms with Crippen LogP contribution in [0.15, 0.2) is 54.6 Å². The number of benzene rings is 2. The maximum absolute atomic E-state index is 13.0. The van der Waals surface area contributed by atoms with Crippen LogP contribution in [0.1, 0.15) is 44.7 Å². The third kappa shape index (κ3) is 7.26. The van der Waals surface area contributed by atoms with Gasteiger partial charge in [-0.15, -0.1) is 0 Å². The molecule has 156 valence electrons. The number of rotatable bonds is 10. The summed E-state index contributed by atoms with van der Waals surface area (Å²) >= 11 is 0. The van der Waals surface area contributed by atoms with Crippen molar-refractivity contribution in [3.05, 3.63) is 65.7 Å². The lowest BCUT2D eigenvalue weighted by atomic mass is 10.1. The number of carbonyl (C=O) groups is 2. The van der Waals surface area contributed by atoms with Crippen LogP contribution in [0, 0.1) is 6.92 Å². The van der Waals surface area contributed by atoms with Crippen LogP contribution >= 0.6 is 0 Å². The van der Waals surface area contributed by atoms with E-state index >= 15 is 0 Å². The number of amides is 2. The Hall–Kier alpha value is -2.82. The average Bonchev–Trinajstić information content (AvgIpc) is 2.70. The molecule has 2 rings (SSSR count). The fraction of sp³-hybridized carbons (Fsp3) is 0.417. The summed E-state index contributed by atoms with van der Waals surface area (Å²) in [5.74, 6) is 0.611. The molecule has 0 aliphatic carbocycles. The highest BCUT2D eigenvalue weighted by molar-refractivity contribution is 5.87. The Balaban J connectivity index is 2.01. The first-order valence-electron chi connectivity index (χ1n) is 10.2. The van der Waals surface area contributed by atoms with Crippen LogP contribution in [-0.2, 0) is 16.1 Å². The Morgan fingerprint density at radius 2 is 1.66 bits per heavy atom. The van der Waals surface area contributed by atoms with E-state index in [0.717, 1.165) is 16.9 Å². The summed E-state index contributed by atoms with van der Waals surface area (Å²) in [6, 6.07) is 17.0. The molecule has 29 heavy (non-hydrogen) atoms. The molecule has 0 bridgehead atoms. The Morgan fingerprint density at radius 3 is 2.31 bits per heavy atom. The first kappa shape index (κ1) is 22.5. The van der Waals surface area contributed by atoms with E-state index in [1.54, 1.807) is 11.8 Å². The predicted octanol–water partition coefficient (Wildman–Crippen LogP) is 4.10. The van der Waals surface area contributed by atoms with E-state index in [-0.39, 0.29) is 17.9 Å². The van der Waals surface area contributed by atoms with Crippen molar-refractivity contribution in [2.24, 2.45) is 0 Å². The largest absolute Gasteiger partial charge is 0.494 e. The molecule has 1 N–H and O–H groups in total. The van der Waals surface area contributed by atoms with Crippen molar-refractivity contribution in [1.29, 1.82) is 0 Å². The summed E-state index contributed by atoms with van der Waals surface area (Å²) in [4.78, 5) is 27.2. The monoisotopic (exact) mass is 396 g/mol. The lowest BCUT2D eigenvalue weighted by Gasteiger charge is -2.30. The quantitative estimate of drug-likeness (QED) is 0.615. The molecule has 0 radical (unpaired) electrons. The van der Waals surface area contributed by atoms with Crippen LogP contribution in [0.2, 0.25) is 0 Å². The summed E-state index contributed by atoms with van der Waals surface area (Å²) in [5.41, 5.74) is 2.15. The van der Waals surface area contributed by atoms with Crippen molar-refractivity contribution in [3.63, 3.8) is 0 Å². The molecular weight excluding hydrogens is 364 g/mol. The van der Waals surface area contributed by atoms with Gasteiger partial charge in [0.2, 0.25) is 11.8 Å². The van der Waals surface area contributed by atoms with E-state index in [0.29, 0.717) is 26.0 Å². The summed E-state index contributed by atoms with van der Waals surface area (Å²) in [6.07, 6.45) is 0.925. The number of para-hydroxylation sites is 1. The van der Waals surface area contributed by atoms with Crippen LogP contribution in [0.25, 0.3) is 0 Å². The number of hydrogen-bond donors (Lipinski definition) is 1. The van der Waals surface area contributed by atoms with Gasteiger partial charge in [-0.25, -0.2) is 0 Å². The highest BCUT2D eigenvalue weighted by Gasteiger charge is 2.26. The lowest BCUT2D eigenvalue weighted by molar-refractivity contribution is -0.141. The molecule has 1 atom stereocenters. The molecule has 0 aliphatic rings. The molecule has 0 aromatic heterocycles. The summed E-state index contributed by atoms with van der Waals surface area (Å²) in [6.45, 7) is 8.51. The van der Waals surface area contributed by atoms with Gasteiger partial charge >= 0.3 is 0 Å². The highest BCUT2D eigenvalue weighted by atomic mass is 16.5. The van der Waals surface area contributed by atoms with Crippen LogP contribution in [0.4, 0.5) is 0 Å². The van der Waals surface area contributed by atoms with Crippen molar-refractivity contribution < 1.29 is 14.3 Å². The third-order valence-corrected chi connectivity index (χ3v) is 4.75. The van der Waals surface area contributed by atoms with Crippen molar-refractivity contribution in [2.75, 3.05) is 6.61 Å². The first-order chi connectivity index (χ1) is 13.9. The Bertz CT molecular complexity index is 790. The van der Waals surface area contributed by atoms with Gasteiger partial charge in [-0.2, -0.15) is 0 Å². The second-order valence-corrected chi connectivity index (χ2v) is 7.55. The standard InChI is InChI=1S/C24H32N2O3/c1-18(2)25-24(28)20(4)26(17-21-12-9-8-11-19(21)3)23(27)15-10-16-29-22-13-6-5-7-14-22/h5-9,11-14,18,20H,10,15-17H2,1-4H3,(H,25,28)/t20-/m1/s1. The number of nitrogens with one attached hydrogen (secondary N) is 1. The van der Waals surface area contributed by atoms with Crippen LogP contribution in [0.3, 0.4) is 0 Å². The lowest BCUT2D eigenvalue weighted by Crippen LogP contribution is -2.49. The van der Waals surface area contributed by atoms with Gasteiger partial charge in [0.1, 0.15) is 11.8 Å². The SMILES string of the molecule is Cc1ccccc1CN(C(=O)CCCOc1ccccc1)[C@H](C)C(=O)NC(C)C. The number of nitrogens with zero attached hydrogens (tertiary/aromatic N) is 1. The smallest absolute Gasteiger partial charge is 0.242 e. The molecule has 5 nitrogen and oxygen atoms in total. The fourth-order valence-corrected chi connectivity index (χ4v) is 3.03. The summed E-state index contributed by atoms with van der Waals surface area (Å²) in [5, 5.41) is 2.91. The van der Waals surface area contributed by atoms with Crippen LogP contribution < -0.4 is 10.1 Å². The van der Waals surface area contributed by atoms with E-state index < -0.39 is 6.04 Å². The first-order valence-corrected chi connectivity index (χ1v) is 10.2. The van der Waals surface area contributed by atoms with Gasteiger partial charge in [0, 0.05) is 19.0 Å². The average molecular weight is 397 g/mol. The minimum absolute atomic E-state index is 0.0274. The van der Waals surface area contributed by atoms with E-state index in [4.69, 9.17) is 4.74 Å². The zero-order valence-electron chi connectivity index (χ0n) is 17.9. The Morgan fingerprint density at radius 1 is 1.00 bits per heavy atom. The maximum atomic E-state index is 13.0. The number of carbonyl (C=O) groups excluding carboxylic acids is 2. The molecule has 0 aliphatic heterocycles. The third-order valence-electron chi connectivity index (χ3n) is 4.75. The van der Waals surface area contributed by atoms with Crippen molar-refractivity contribution >= 4 is 11.8 Å². The van der Waals surface area contributed by atoms with Crippen molar-refractivity contribution in [1.82, 2.24) is 10.2 Å². The molecule has 0 fully saturated rings. The van der Waals surface area contributed by atoms with Gasteiger partial charge < -0.3 is 15.0 Å². The zero-order valence-corrected chi connectivity index (χ0v) is 17.9. The van der Waals surface area contributed by atoms with Gasteiger partial charge in [0.05, 0.1) is 6.61 Å². The molecule has 0 unspecified atom stereocenters. The van der Waals surface area contributed by atoms with Crippen LogP contribution in [-0.4, -0.2) is 35.4 Å². The number of ether oxygens (including phenoxy) is 1. The van der Waals surface area contributed by atoms with Crippen molar-refractivity contribution in [3.8, 4) is 5.75 Å². The van der Waals surface area contributed by atoms with Crippen LogP contribution in [0.5, 0.6) is 5.75 Å². The molecule has 0 spiro atoms. The number of hydrogen-bond acceptors (Lipinski definition) is 3. The molecule has 2 amide bonds. The van der Waals surface area contributed by atoms with Gasteiger partial charge in [-0.1, -0.05) is 42.5 Å². The second-order valence-electron chi connectivity index (χ2n) is 7.55. The molecule has 0 heterocycles. The van der Waals surface area contributed by atoms with Gasteiger partial charge in [-0.05, 0) is 57.4 Å². The number of aryl methyl sites for hydroxylation is 1. The van der Waals surface area contributed by atoms with E-state index in [9.17, 15) is 9.59 Å². The van der Waals surface area contributed by atoms with Crippen molar-refractivity contribution in [2.45, 2.75) is 59.2 Å². The summed E-state index contributed by atoms with van der Waals surface area (Å²) < 4.78 is 5.68. The molecule has 5 heteroatoms. The van der Waals surface area contributed by atoms with Gasteiger partial charge in [0.25, 0.3) is 0 Å². The van der Waals surface area contributed by atoms with Gasteiger partial charge in [-0.3, -0.25) is 9.59 Å². The topological polar surface area (TPSA) is 58.6 Å². The normalized spacial score (nSPS) is 11.8. The molecular formula is C24H32N2O3. The van der Waals surface area contributed by atoms with E-state index in [2.05, 4.69) is 5.32 Å². The summed E-state index contributed by atoms with van der Waals surface area (Å²) in [7, 11) is 0. The van der Waals surface area contributed by atoms with E-state index in [1.807, 2.05) is 75.4 Å². The zero-order chi connectivity index (χ0) is 21.2. The highest BCUT2D eigenvalue weighted by Crippen LogP contribution is 2.16. The Labute approximate surface area is 174 Å². The van der Waals surface area contributed by atoms with E-state index in [1.165, 1.54) is 0 Å². The molecule has 2 aromatic rings. The molecule has 0 saturated heterocycles. The van der Waals surface area contributed by atoms with Gasteiger partial charge in [0.15, 0.2) is 0 Å². The molecule has 0 saturated carbocycles. The maximum Gasteiger partial charge on any atom is 0.242 e. The molecule has 2 aromatic carbocycles.